The SMILES string of the molecule is C=CC(=O)O.CC(Cl)C(=O)O.OCCOCCOCCO. The Labute approximate surface area is 128 Å². The molecule has 0 rings (SSSR count). The quantitative estimate of drug-likeness (QED) is 0.263. The second-order valence-electron chi connectivity index (χ2n) is 3.17. The number of alkyl halides is 1. The van der Waals surface area contributed by atoms with Crippen molar-refractivity contribution in [2.75, 3.05) is 39.6 Å². The molecule has 9 heteroatoms. The minimum Gasteiger partial charge on any atom is -0.480 e. The number of rotatable bonds is 9. The third-order valence-electron chi connectivity index (χ3n) is 1.36. The number of carbonyl (C=O) groups is 2. The van der Waals surface area contributed by atoms with E-state index in [4.69, 9.17) is 41.5 Å². The number of aliphatic carboxylic acids is 2. The molecule has 21 heavy (non-hydrogen) atoms. The van der Waals surface area contributed by atoms with Gasteiger partial charge in [-0.15, -0.1) is 11.6 Å². The maximum atomic E-state index is 9.57. The summed E-state index contributed by atoms with van der Waals surface area (Å²) in [5.74, 6) is -1.96. The van der Waals surface area contributed by atoms with Crippen LogP contribution in [0.5, 0.6) is 0 Å². The zero-order valence-electron chi connectivity index (χ0n) is 11.9. The minimum absolute atomic E-state index is 0.0417. The van der Waals surface area contributed by atoms with Crippen LogP contribution in [0, 0.1) is 0 Å². The highest BCUT2D eigenvalue weighted by Crippen LogP contribution is 1.89. The summed E-state index contributed by atoms with van der Waals surface area (Å²) >= 11 is 5.01. The van der Waals surface area contributed by atoms with E-state index in [-0.39, 0.29) is 13.2 Å². The zero-order valence-corrected chi connectivity index (χ0v) is 12.7. The van der Waals surface area contributed by atoms with Crippen molar-refractivity contribution in [2.24, 2.45) is 0 Å². The molecule has 0 aromatic heterocycles. The molecule has 0 bridgehead atoms. The Kier molecular flexibility index (Phi) is 24.9. The van der Waals surface area contributed by atoms with E-state index in [9.17, 15) is 9.59 Å². The molecule has 0 spiro atoms. The number of carboxylic acids is 2. The molecule has 0 heterocycles. The van der Waals surface area contributed by atoms with Crippen LogP contribution in [0.1, 0.15) is 6.92 Å². The maximum absolute atomic E-state index is 9.57. The van der Waals surface area contributed by atoms with Crippen LogP contribution in [0.3, 0.4) is 0 Å². The van der Waals surface area contributed by atoms with Gasteiger partial charge < -0.3 is 29.9 Å². The summed E-state index contributed by atoms with van der Waals surface area (Å²) in [7, 11) is 0. The zero-order chi connectivity index (χ0) is 17.1. The number of carboxylic acid groups (broad SMARTS) is 2. The summed E-state index contributed by atoms with van der Waals surface area (Å²) < 4.78 is 9.75. The van der Waals surface area contributed by atoms with Crippen molar-refractivity contribution < 1.29 is 39.5 Å². The van der Waals surface area contributed by atoms with Crippen LogP contribution in [0.25, 0.3) is 0 Å². The monoisotopic (exact) mass is 330 g/mol. The molecule has 0 radical (unpaired) electrons. The molecule has 0 fully saturated rings. The Morgan fingerprint density at radius 2 is 1.38 bits per heavy atom. The first kappa shape index (κ1) is 24.8. The van der Waals surface area contributed by atoms with Gasteiger partial charge in [0.25, 0.3) is 0 Å². The summed E-state index contributed by atoms with van der Waals surface area (Å²) in [5, 5.41) is 31.2. The van der Waals surface area contributed by atoms with Crippen molar-refractivity contribution in [3.63, 3.8) is 0 Å². The molecule has 126 valence electrons. The average molecular weight is 331 g/mol. The number of ether oxygens (including phenoxy) is 2. The van der Waals surface area contributed by atoms with Gasteiger partial charge in [0.1, 0.15) is 5.38 Å². The molecular weight excluding hydrogens is 308 g/mol. The lowest BCUT2D eigenvalue weighted by molar-refractivity contribution is -0.136. The molecular formula is C12H23ClO8. The largest absolute Gasteiger partial charge is 0.480 e. The van der Waals surface area contributed by atoms with E-state index >= 15 is 0 Å². The molecule has 8 nitrogen and oxygen atoms in total. The Bertz CT molecular complexity index is 250. The molecule has 4 N–H and O–H groups in total. The van der Waals surface area contributed by atoms with Gasteiger partial charge in [-0.3, -0.25) is 4.79 Å². The number of halogens is 1. The van der Waals surface area contributed by atoms with E-state index in [1.54, 1.807) is 0 Å². The molecule has 1 unspecified atom stereocenters. The van der Waals surface area contributed by atoms with Crippen molar-refractivity contribution in [1.82, 2.24) is 0 Å². The third-order valence-corrected chi connectivity index (χ3v) is 1.54. The fraction of sp³-hybridized carbons (Fsp3) is 0.667. The van der Waals surface area contributed by atoms with Gasteiger partial charge in [0.05, 0.1) is 39.6 Å². The normalized spacial score (nSPS) is 10.3. The number of aliphatic hydroxyl groups excluding tert-OH is 2. The number of hydrogen-bond acceptors (Lipinski definition) is 6. The van der Waals surface area contributed by atoms with Gasteiger partial charge in [-0.2, -0.15) is 0 Å². The summed E-state index contributed by atoms with van der Waals surface area (Å²) in [6, 6.07) is 0. The molecule has 0 aliphatic carbocycles. The first-order valence-electron chi connectivity index (χ1n) is 5.92. The Morgan fingerprint density at radius 3 is 1.52 bits per heavy atom. The highest BCUT2D eigenvalue weighted by atomic mass is 35.5. The van der Waals surface area contributed by atoms with Crippen LogP contribution in [0.4, 0.5) is 0 Å². The molecule has 0 amide bonds. The van der Waals surface area contributed by atoms with Crippen LogP contribution >= 0.6 is 11.6 Å². The summed E-state index contributed by atoms with van der Waals surface area (Å²) in [6.45, 7) is 6.10. The third kappa shape index (κ3) is 38.1. The first-order chi connectivity index (χ1) is 9.83. The second kappa shape index (κ2) is 21.1. The van der Waals surface area contributed by atoms with Gasteiger partial charge in [-0.1, -0.05) is 6.58 Å². The molecule has 1 atom stereocenters. The van der Waals surface area contributed by atoms with Gasteiger partial charge in [0, 0.05) is 6.08 Å². The predicted octanol–water partition coefficient (Wildman–Crippen LogP) is -0.0405. The smallest absolute Gasteiger partial charge is 0.327 e. The lowest BCUT2D eigenvalue weighted by Crippen LogP contribution is -2.09. The first-order valence-corrected chi connectivity index (χ1v) is 6.36. The average Bonchev–Trinajstić information content (AvgIpc) is 2.44. The van der Waals surface area contributed by atoms with Gasteiger partial charge in [-0.05, 0) is 6.92 Å². The number of aliphatic hydroxyl groups is 2. The fourth-order valence-corrected chi connectivity index (χ4v) is 0.451. The van der Waals surface area contributed by atoms with Crippen molar-refractivity contribution >= 4 is 23.5 Å². The van der Waals surface area contributed by atoms with Crippen molar-refractivity contribution in [1.29, 1.82) is 0 Å². The maximum Gasteiger partial charge on any atom is 0.327 e. The Hall–Kier alpha value is -1.19. The van der Waals surface area contributed by atoms with Crippen molar-refractivity contribution in [3.8, 4) is 0 Å². The Morgan fingerprint density at radius 1 is 1.10 bits per heavy atom. The van der Waals surface area contributed by atoms with Crippen LogP contribution in [0.2, 0.25) is 0 Å². The van der Waals surface area contributed by atoms with E-state index in [1.807, 2.05) is 0 Å². The van der Waals surface area contributed by atoms with Crippen LogP contribution in [-0.4, -0.2) is 77.4 Å². The van der Waals surface area contributed by atoms with E-state index in [1.165, 1.54) is 6.92 Å². The van der Waals surface area contributed by atoms with E-state index in [2.05, 4.69) is 6.58 Å². The van der Waals surface area contributed by atoms with E-state index < -0.39 is 17.3 Å². The van der Waals surface area contributed by atoms with Gasteiger partial charge in [0.2, 0.25) is 0 Å². The summed E-state index contributed by atoms with van der Waals surface area (Å²) in [6.07, 6.45) is 0.833. The van der Waals surface area contributed by atoms with E-state index in [0.717, 1.165) is 6.08 Å². The Balaban J connectivity index is -0.000000252. The summed E-state index contributed by atoms with van der Waals surface area (Å²) in [5.41, 5.74) is 0. The lowest BCUT2D eigenvalue weighted by atomic mass is 10.5. The highest BCUT2D eigenvalue weighted by Gasteiger charge is 2.02. The molecule has 0 aromatic rings. The summed E-state index contributed by atoms with van der Waals surface area (Å²) in [4.78, 5) is 18.8. The lowest BCUT2D eigenvalue weighted by Gasteiger charge is -2.01. The van der Waals surface area contributed by atoms with Gasteiger partial charge in [-0.25, -0.2) is 4.79 Å². The van der Waals surface area contributed by atoms with E-state index in [0.29, 0.717) is 26.4 Å². The highest BCUT2D eigenvalue weighted by molar-refractivity contribution is 6.29. The fourth-order valence-electron chi connectivity index (χ4n) is 0.451. The molecule has 0 saturated heterocycles. The molecule has 0 aliphatic heterocycles. The van der Waals surface area contributed by atoms with Gasteiger partial charge in [0.15, 0.2) is 0 Å². The molecule has 0 saturated carbocycles. The van der Waals surface area contributed by atoms with Crippen molar-refractivity contribution in [2.45, 2.75) is 12.3 Å². The van der Waals surface area contributed by atoms with Crippen molar-refractivity contribution in [3.05, 3.63) is 12.7 Å². The van der Waals surface area contributed by atoms with Crippen LogP contribution in [0.15, 0.2) is 12.7 Å². The topological polar surface area (TPSA) is 134 Å². The molecule has 0 aromatic carbocycles. The standard InChI is InChI=1S/C6H14O4.C3H5ClO2.C3H4O2/c7-1-3-9-5-6-10-4-2-8;1-2(4)3(5)6;1-2-3(4)5/h7-8H,1-6H2;2H,1H3,(H,5,6);2H,1H2,(H,4,5). The van der Waals surface area contributed by atoms with Crippen LogP contribution in [-0.2, 0) is 19.1 Å². The number of hydrogen-bond donors (Lipinski definition) is 4. The van der Waals surface area contributed by atoms with Crippen LogP contribution < -0.4 is 0 Å². The minimum atomic E-state index is -0.981. The molecule has 0 aliphatic rings. The predicted molar refractivity (Wildman–Crippen MR) is 76.6 cm³/mol. The van der Waals surface area contributed by atoms with Gasteiger partial charge >= 0.3 is 11.9 Å². The second-order valence-corrected chi connectivity index (χ2v) is 3.82.